The average molecular weight is 280 g/mol. The molecule has 0 aliphatic rings. The van der Waals surface area contributed by atoms with Gasteiger partial charge in [-0.15, -0.1) is 0 Å². The van der Waals surface area contributed by atoms with Crippen LogP contribution in [0.15, 0.2) is 0 Å². The molecule has 4 nitrogen and oxygen atoms in total. The molecule has 1 unspecified atom stereocenters. The van der Waals surface area contributed by atoms with Crippen LogP contribution in [0, 0.1) is 0 Å². The van der Waals surface area contributed by atoms with Gasteiger partial charge in [-0.25, -0.2) is 4.18 Å². The van der Waals surface area contributed by atoms with Crippen molar-refractivity contribution >= 4 is 10.4 Å². The summed E-state index contributed by atoms with van der Waals surface area (Å²) >= 11 is 0. The van der Waals surface area contributed by atoms with E-state index < -0.39 is 10.4 Å². The standard InChI is InChI=1S/C13H28O4S/c1-3-5-7-8-10-12-13(11-9-6-4-2)17-18(14,15)16/h13H,3-12H2,1-2H3,(H,14,15,16). The molecule has 0 radical (unpaired) electrons. The second kappa shape index (κ2) is 10.8. The maximum atomic E-state index is 10.7. The smallest absolute Gasteiger partial charge is 0.264 e. The van der Waals surface area contributed by atoms with Gasteiger partial charge in [0.05, 0.1) is 6.10 Å². The lowest BCUT2D eigenvalue weighted by atomic mass is 10.0. The Bertz CT molecular complexity index is 275. The third kappa shape index (κ3) is 12.3. The fraction of sp³-hybridized carbons (Fsp3) is 1.00. The first-order valence-corrected chi connectivity index (χ1v) is 8.51. The van der Waals surface area contributed by atoms with Gasteiger partial charge < -0.3 is 0 Å². The maximum Gasteiger partial charge on any atom is 0.397 e. The minimum absolute atomic E-state index is 0.354. The SMILES string of the molecule is CCCCCCCC(CCCCC)OS(=O)(=O)O. The van der Waals surface area contributed by atoms with E-state index in [0.29, 0.717) is 12.8 Å². The summed E-state index contributed by atoms with van der Waals surface area (Å²) in [5.41, 5.74) is 0. The molecule has 0 spiro atoms. The topological polar surface area (TPSA) is 63.6 Å². The molecule has 0 fully saturated rings. The van der Waals surface area contributed by atoms with Gasteiger partial charge in [0.2, 0.25) is 0 Å². The van der Waals surface area contributed by atoms with Gasteiger partial charge in [0.1, 0.15) is 0 Å². The Kier molecular flexibility index (Phi) is 10.7. The molecule has 0 aromatic carbocycles. The summed E-state index contributed by atoms with van der Waals surface area (Å²) in [6.45, 7) is 4.26. The summed E-state index contributed by atoms with van der Waals surface area (Å²) in [6.07, 6.45) is 9.86. The Hall–Kier alpha value is -0.130. The van der Waals surface area contributed by atoms with Crippen LogP contribution in [0.25, 0.3) is 0 Å². The second-order valence-electron chi connectivity index (χ2n) is 4.84. The van der Waals surface area contributed by atoms with Crippen LogP contribution in [0.4, 0.5) is 0 Å². The summed E-state index contributed by atoms with van der Waals surface area (Å²) in [7, 11) is -4.31. The summed E-state index contributed by atoms with van der Waals surface area (Å²) in [5, 5.41) is 0. The molecule has 0 aliphatic heterocycles. The predicted octanol–water partition coefficient (Wildman–Crippen LogP) is 4.12. The molecule has 0 aromatic rings. The van der Waals surface area contributed by atoms with Gasteiger partial charge in [-0.2, -0.15) is 8.42 Å². The molecule has 0 bridgehead atoms. The van der Waals surface area contributed by atoms with Crippen molar-refractivity contribution in [2.24, 2.45) is 0 Å². The Morgan fingerprint density at radius 2 is 1.33 bits per heavy atom. The van der Waals surface area contributed by atoms with Crippen LogP contribution in [0.3, 0.4) is 0 Å². The summed E-state index contributed by atoms with van der Waals surface area (Å²) in [5.74, 6) is 0. The van der Waals surface area contributed by atoms with Crippen LogP contribution in [0.5, 0.6) is 0 Å². The van der Waals surface area contributed by atoms with Crippen molar-refractivity contribution in [3.05, 3.63) is 0 Å². The summed E-state index contributed by atoms with van der Waals surface area (Å²) in [4.78, 5) is 0. The summed E-state index contributed by atoms with van der Waals surface area (Å²) < 4.78 is 34.9. The van der Waals surface area contributed by atoms with E-state index in [1.165, 1.54) is 19.3 Å². The first-order valence-electron chi connectivity index (χ1n) is 7.15. The predicted molar refractivity (Wildman–Crippen MR) is 73.9 cm³/mol. The van der Waals surface area contributed by atoms with Crippen molar-refractivity contribution in [3.63, 3.8) is 0 Å². The molecule has 0 heterocycles. The highest BCUT2D eigenvalue weighted by molar-refractivity contribution is 7.80. The molecule has 110 valence electrons. The van der Waals surface area contributed by atoms with E-state index in [2.05, 4.69) is 13.8 Å². The van der Waals surface area contributed by atoms with Crippen LogP contribution in [0.1, 0.15) is 78.1 Å². The molecule has 1 atom stereocenters. The van der Waals surface area contributed by atoms with Crippen molar-refractivity contribution < 1.29 is 17.2 Å². The van der Waals surface area contributed by atoms with Crippen molar-refractivity contribution in [2.75, 3.05) is 0 Å². The third-order valence-electron chi connectivity index (χ3n) is 3.02. The van der Waals surface area contributed by atoms with E-state index in [1.807, 2.05) is 0 Å². The van der Waals surface area contributed by atoms with E-state index >= 15 is 0 Å². The van der Waals surface area contributed by atoms with Gasteiger partial charge in [0, 0.05) is 0 Å². The molecule has 0 aromatic heterocycles. The molecule has 0 amide bonds. The highest BCUT2D eigenvalue weighted by Crippen LogP contribution is 2.16. The van der Waals surface area contributed by atoms with Crippen molar-refractivity contribution in [1.82, 2.24) is 0 Å². The maximum absolute atomic E-state index is 10.7. The Labute approximate surface area is 112 Å². The van der Waals surface area contributed by atoms with E-state index in [9.17, 15) is 8.42 Å². The second-order valence-corrected chi connectivity index (χ2v) is 5.89. The number of hydrogen-bond donors (Lipinski definition) is 1. The lowest BCUT2D eigenvalue weighted by Crippen LogP contribution is -2.18. The molecule has 0 saturated carbocycles. The lowest BCUT2D eigenvalue weighted by molar-refractivity contribution is 0.157. The van der Waals surface area contributed by atoms with Gasteiger partial charge in [-0.05, 0) is 12.8 Å². The molecular weight excluding hydrogens is 252 g/mol. The third-order valence-corrected chi connectivity index (χ3v) is 3.53. The monoisotopic (exact) mass is 280 g/mol. The first kappa shape index (κ1) is 17.9. The van der Waals surface area contributed by atoms with Crippen molar-refractivity contribution in [3.8, 4) is 0 Å². The van der Waals surface area contributed by atoms with Gasteiger partial charge in [-0.3, -0.25) is 4.55 Å². The van der Waals surface area contributed by atoms with Gasteiger partial charge >= 0.3 is 10.4 Å². The molecule has 0 aliphatic carbocycles. The zero-order valence-corrected chi connectivity index (χ0v) is 12.5. The first-order chi connectivity index (χ1) is 8.49. The number of hydrogen-bond acceptors (Lipinski definition) is 3. The van der Waals surface area contributed by atoms with Crippen LogP contribution in [-0.4, -0.2) is 19.1 Å². The normalized spacial score (nSPS) is 13.7. The molecule has 18 heavy (non-hydrogen) atoms. The number of unbranched alkanes of at least 4 members (excludes halogenated alkanes) is 6. The average Bonchev–Trinajstić information content (AvgIpc) is 2.27. The van der Waals surface area contributed by atoms with Gasteiger partial charge in [0.15, 0.2) is 0 Å². The van der Waals surface area contributed by atoms with Gasteiger partial charge in [-0.1, -0.05) is 65.2 Å². The largest absolute Gasteiger partial charge is 0.397 e. The quantitative estimate of drug-likeness (QED) is 0.431. The lowest BCUT2D eigenvalue weighted by Gasteiger charge is -2.15. The Morgan fingerprint density at radius 1 is 0.889 bits per heavy atom. The van der Waals surface area contributed by atoms with Crippen LogP contribution in [0.2, 0.25) is 0 Å². The van der Waals surface area contributed by atoms with Gasteiger partial charge in [0.25, 0.3) is 0 Å². The number of rotatable bonds is 12. The minimum Gasteiger partial charge on any atom is -0.264 e. The summed E-state index contributed by atoms with van der Waals surface area (Å²) in [6, 6.07) is 0. The van der Waals surface area contributed by atoms with Crippen LogP contribution < -0.4 is 0 Å². The minimum atomic E-state index is -4.31. The Balaban J connectivity index is 3.89. The van der Waals surface area contributed by atoms with E-state index in [4.69, 9.17) is 8.74 Å². The van der Waals surface area contributed by atoms with Crippen LogP contribution >= 0.6 is 0 Å². The fourth-order valence-corrected chi connectivity index (χ4v) is 2.55. The van der Waals surface area contributed by atoms with Crippen LogP contribution in [-0.2, 0) is 14.6 Å². The Morgan fingerprint density at radius 3 is 1.83 bits per heavy atom. The molecule has 5 heteroatoms. The molecule has 1 N–H and O–H groups in total. The highest BCUT2D eigenvalue weighted by Gasteiger charge is 2.16. The van der Waals surface area contributed by atoms with E-state index in [-0.39, 0.29) is 6.10 Å². The fourth-order valence-electron chi connectivity index (χ4n) is 2.01. The zero-order valence-electron chi connectivity index (χ0n) is 11.7. The zero-order chi connectivity index (χ0) is 13.9. The van der Waals surface area contributed by atoms with Crippen molar-refractivity contribution in [1.29, 1.82) is 0 Å². The van der Waals surface area contributed by atoms with Crippen molar-refractivity contribution in [2.45, 2.75) is 84.2 Å². The highest BCUT2D eigenvalue weighted by atomic mass is 32.3. The molecule has 0 rings (SSSR count). The molecular formula is C13H28O4S. The molecule has 0 saturated heterocycles. The van der Waals surface area contributed by atoms with E-state index in [1.54, 1.807) is 0 Å². The van der Waals surface area contributed by atoms with E-state index in [0.717, 1.165) is 32.1 Å².